The molecule has 7 N–H and O–H groups in total. The van der Waals surface area contributed by atoms with E-state index in [-0.39, 0.29) is 17.8 Å². The Balaban J connectivity index is 0.000000507. The molecule has 0 unspecified atom stereocenters. The van der Waals surface area contributed by atoms with Crippen LogP contribution in [0.5, 0.6) is 0 Å². The summed E-state index contributed by atoms with van der Waals surface area (Å²) < 4.78 is 0. The van der Waals surface area contributed by atoms with Crippen molar-refractivity contribution in [3.8, 4) is 0 Å². The van der Waals surface area contributed by atoms with Crippen LogP contribution in [0, 0.1) is 0 Å². The largest absolute Gasteiger partial charge is 0.478 e. The molecule has 0 radical (unpaired) electrons. The number of nitrogens with two attached hydrogens (primary N) is 1. The number of aryl methyl sites for hydroxylation is 1. The average molecular weight is 570 g/mol. The summed E-state index contributed by atoms with van der Waals surface area (Å²) in [6.45, 7) is 6.10. The fourth-order valence-electron chi connectivity index (χ4n) is 4.60. The van der Waals surface area contributed by atoms with Crippen molar-refractivity contribution in [1.82, 2.24) is 14.9 Å². The first-order chi connectivity index (χ1) is 19.5. The molecule has 1 aromatic heterocycles. The molecule has 4 rings (SSSR count). The molecule has 2 aliphatic rings. The van der Waals surface area contributed by atoms with Crippen LogP contribution in [-0.4, -0.2) is 93.4 Å². The lowest BCUT2D eigenvalue weighted by atomic mass is 9.93. The Morgan fingerprint density at radius 2 is 1.54 bits per heavy atom. The van der Waals surface area contributed by atoms with Gasteiger partial charge in [-0.1, -0.05) is 6.92 Å². The summed E-state index contributed by atoms with van der Waals surface area (Å²) >= 11 is 0. The average Bonchev–Trinajstić information content (AvgIpc) is 2.94. The summed E-state index contributed by atoms with van der Waals surface area (Å²) in [6, 6.07) is 8.37. The second-order valence-corrected chi connectivity index (χ2v) is 10.1. The van der Waals surface area contributed by atoms with Crippen LogP contribution >= 0.6 is 0 Å². The van der Waals surface area contributed by atoms with Gasteiger partial charge < -0.3 is 41.5 Å². The van der Waals surface area contributed by atoms with Crippen LogP contribution in [0.1, 0.15) is 48.8 Å². The highest BCUT2D eigenvalue weighted by Crippen LogP contribution is 2.27. The number of likely N-dealkylation sites (N-methyl/N-ethyl adjacent to an activating group) is 1. The number of carbonyl (C=O) groups is 3. The van der Waals surface area contributed by atoms with Crippen molar-refractivity contribution >= 4 is 40.9 Å². The highest BCUT2D eigenvalue weighted by atomic mass is 16.4. The van der Waals surface area contributed by atoms with E-state index < -0.39 is 17.8 Å². The molecule has 1 aromatic carbocycles. The summed E-state index contributed by atoms with van der Waals surface area (Å²) in [6.07, 6.45) is 4.83. The van der Waals surface area contributed by atoms with Crippen LogP contribution in [0.3, 0.4) is 0 Å². The summed E-state index contributed by atoms with van der Waals surface area (Å²) in [5.74, 6) is -2.10. The molecule has 2 heterocycles. The number of aliphatic carboxylic acids is 2. The van der Waals surface area contributed by atoms with Gasteiger partial charge in [-0.05, 0) is 63.4 Å². The van der Waals surface area contributed by atoms with Crippen molar-refractivity contribution in [2.24, 2.45) is 5.73 Å². The number of piperazine rings is 1. The Morgan fingerprint density at radius 3 is 2.05 bits per heavy atom. The molecule has 1 aliphatic carbocycles. The molecule has 1 saturated heterocycles. The number of rotatable bonds is 9. The minimum atomic E-state index is -1.26. The second-order valence-electron chi connectivity index (χ2n) is 10.1. The topological polar surface area (TPSA) is 194 Å². The van der Waals surface area contributed by atoms with Gasteiger partial charge in [-0.2, -0.15) is 0 Å². The van der Waals surface area contributed by atoms with Gasteiger partial charge in [0.2, 0.25) is 0 Å². The zero-order valence-corrected chi connectivity index (χ0v) is 23.4. The normalized spacial score (nSPS) is 19.2. The van der Waals surface area contributed by atoms with Crippen LogP contribution < -0.4 is 21.3 Å². The number of aliphatic hydroxyl groups excluding tert-OH is 1. The number of primary amides is 1. The molecule has 0 bridgehead atoms. The standard InChI is InChI=1S/C24H35N7O2.C4H4O4/c1-3-20-23(26-17-6-10-19(32)11-7-17)29-24(21(28-20)22(25)33)27-16-4-8-18(9-5-16)31-14-12-30(2)13-15-31;5-3(6)1-2-4(7)8/h4-5,8-9,17,19,32H,3,6-7,10-15H2,1-2H3,(H2,25,33)(H2,26,27,29);1-2H,(H,5,6)(H,7,8)/b;2-1+. The highest BCUT2D eigenvalue weighted by Gasteiger charge is 2.23. The lowest BCUT2D eigenvalue weighted by Gasteiger charge is -2.34. The van der Waals surface area contributed by atoms with Crippen LogP contribution in [0.25, 0.3) is 0 Å². The molecule has 13 heteroatoms. The van der Waals surface area contributed by atoms with E-state index in [1.54, 1.807) is 0 Å². The first-order valence-electron chi connectivity index (χ1n) is 13.7. The Kier molecular flexibility index (Phi) is 11.4. The minimum Gasteiger partial charge on any atom is -0.478 e. The van der Waals surface area contributed by atoms with E-state index in [0.717, 1.165) is 57.5 Å². The van der Waals surface area contributed by atoms with E-state index in [1.807, 2.05) is 19.1 Å². The molecule has 41 heavy (non-hydrogen) atoms. The number of anilines is 4. The van der Waals surface area contributed by atoms with Crippen molar-refractivity contribution in [3.05, 3.63) is 47.8 Å². The van der Waals surface area contributed by atoms with E-state index in [2.05, 4.69) is 44.6 Å². The van der Waals surface area contributed by atoms with Crippen LogP contribution in [0.15, 0.2) is 36.4 Å². The summed E-state index contributed by atoms with van der Waals surface area (Å²) in [5, 5.41) is 32.1. The number of carbonyl (C=O) groups excluding carboxylic acids is 1. The molecule has 0 spiro atoms. The Bertz CT molecular complexity index is 1210. The Labute approximate surface area is 239 Å². The summed E-state index contributed by atoms with van der Waals surface area (Å²) in [5.41, 5.74) is 8.49. The third kappa shape index (κ3) is 9.72. The number of hydrogen-bond donors (Lipinski definition) is 6. The van der Waals surface area contributed by atoms with Crippen molar-refractivity contribution < 1.29 is 29.7 Å². The molecule has 0 atom stereocenters. The Morgan fingerprint density at radius 1 is 0.951 bits per heavy atom. The van der Waals surface area contributed by atoms with Crippen molar-refractivity contribution in [3.63, 3.8) is 0 Å². The minimum absolute atomic E-state index is 0.139. The zero-order chi connectivity index (χ0) is 29.9. The molecule has 2 fully saturated rings. The van der Waals surface area contributed by atoms with Gasteiger partial charge in [0.05, 0.1) is 11.8 Å². The van der Waals surface area contributed by atoms with Gasteiger partial charge in [0, 0.05) is 55.7 Å². The number of amides is 1. The van der Waals surface area contributed by atoms with Gasteiger partial charge in [-0.25, -0.2) is 19.6 Å². The van der Waals surface area contributed by atoms with Gasteiger partial charge in [-0.3, -0.25) is 4.79 Å². The number of aromatic nitrogens is 2. The molecular weight excluding hydrogens is 530 g/mol. The number of carboxylic acids is 2. The zero-order valence-electron chi connectivity index (χ0n) is 23.4. The van der Waals surface area contributed by atoms with Gasteiger partial charge in [-0.15, -0.1) is 0 Å². The lowest BCUT2D eigenvalue weighted by Crippen LogP contribution is -2.44. The van der Waals surface area contributed by atoms with E-state index in [0.29, 0.717) is 35.9 Å². The number of carboxylic acid groups (broad SMARTS) is 2. The molecule has 1 saturated carbocycles. The van der Waals surface area contributed by atoms with Gasteiger partial charge in [0.1, 0.15) is 5.82 Å². The third-order valence-electron chi connectivity index (χ3n) is 6.94. The fourth-order valence-corrected chi connectivity index (χ4v) is 4.60. The van der Waals surface area contributed by atoms with Gasteiger partial charge in [0.25, 0.3) is 5.91 Å². The number of aliphatic hydroxyl groups is 1. The Hall–Kier alpha value is -4.23. The molecule has 1 aliphatic heterocycles. The van der Waals surface area contributed by atoms with Gasteiger partial charge in [0.15, 0.2) is 11.5 Å². The monoisotopic (exact) mass is 569 g/mol. The fraction of sp³-hybridized carbons (Fsp3) is 0.464. The maximum atomic E-state index is 12.1. The number of benzene rings is 1. The van der Waals surface area contributed by atoms with E-state index in [9.17, 15) is 19.5 Å². The predicted octanol–water partition coefficient (Wildman–Crippen LogP) is 2.06. The van der Waals surface area contributed by atoms with Crippen molar-refractivity contribution in [2.75, 3.05) is 48.8 Å². The van der Waals surface area contributed by atoms with Crippen molar-refractivity contribution in [1.29, 1.82) is 0 Å². The smallest absolute Gasteiger partial charge is 0.328 e. The molecule has 13 nitrogen and oxygen atoms in total. The number of hydrogen-bond acceptors (Lipinski definition) is 10. The molecular formula is C28H39N7O6. The maximum absolute atomic E-state index is 12.1. The van der Waals surface area contributed by atoms with E-state index >= 15 is 0 Å². The summed E-state index contributed by atoms with van der Waals surface area (Å²) in [7, 11) is 2.15. The predicted molar refractivity (Wildman–Crippen MR) is 156 cm³/mol. The number of nitrogens with zero attached hydrogens (tertiary/aromatic N) is 4. The van der Waals surface area contributed by atoms with Crippen LogP contribution in [0.2, 0.25) is 0 Å². The lowest BCUT2D eigenvalue weighted by molar-refractivity contribution is -0.134. The van der Waals surface area contributed by atoms with Crippen LogP contribution in [-0.2, 0) is 16.0 Å². The summed E-state index contributed by atoms with van der Waals surface area (Å²) in [4.78, 5) is 45.2. The first-order valence-corrected chi connectivity index (χ1v) is 13.7. The van der Waals surface area contributed by atoms with Crippen molar-refractivity contribution in [2.45, 2.75) is 51.2 Å². The second kappa shape index (κ2) is 15.0. The first kappa shape index (κ1) is 31.3. The quantitative estimate of drug-likeness (QED) is 0.241. The van der Waals surface area contributed by atoms with Crippen LogP contribution in [0.4, 0.5) is 23.0 Å². The third-order valence-corrected chi connectivity index (χ3v) is 6.94. The molecule has 222 valence electrons. The van der Waals surface area contributed by atoms with Gasteiger partial charge >= 0.3 is 11.9 Å². The SMILES string of the molecule is CCc1nc(C(N)=O)c(Nc2ccc(N3CCN(C)CC3)cc2)nc1NC1CCC(O)CC1.O=C(O)/C=C/C(=O)O. The molecule has 2 aromatic rings. The molecule has 1 amide bonds. The van der Waals surface area contributed by atoms with E-state index in [4.69, 9.17) is 20.9 Å². The maximum Gasteiger partial charge on any atom is 0.328 e. The van der Waals surface area contributed by atoms with E-state index in [1.165, 1.54) is 5.69 Å². The number of nitrogens with one attached hydrogen (secondary N) is 2. The highest BCUT2D eigenvalue weighted by molar-refractivity contribution is 5.96.